The van der Waals surface area contributed by atoms with E-state index in [0.29, 0.717) is 17.3 Å². The fourth-order valence-corrected chi connectivity index (χ4v) is 3.89. The quantitative estimate of drug-likeness (QED) is 0.628. The van der Waals surface area contributed by atoms with Crippen molar-refractivity contribution in [3.8, 4) is 5.75 Å². The van der Waals surface area contributed by atoms with Crippen molar-refractivity contribution >= 4 is 17.1 Å². The molecule has 3 heterocycles. The van der Waals surface area contributed by atoms with E-state index in [9.17, 15) is 14.7 Å². The molecule has 1 fully saturated rings. The number of H-pyrrole nitrogens is 1. The largest absolute Gasteiger partial charge is 0.491 e. The Hall–Kier alpha value is -3.07. The van der Waals surface area contributed by atoms with Crippen molar-refractivity contribution in [2.45, 2.75) is 38.8 Å². The summed E-state index contributed by atoms with van der Waals surface area (Å²) in [7, 11) is 1.58. The van der Waals surface area contributed by atoms with Crippen molar-refractivity contribution in [1.82, 2.24) is 19.1 Å². The molecule has 0 spiro atoms. The molecule has 9 heteroatoms. The topological polar surface area (TPSA) is 105 Å². The normalized spacial score (nSPS) is 15.5. The van der Waals surface area contributed by atoms with E-state index in [2.05, 4.69) is 14.9 Å². The average molecular weight is 413 g/mol. The van der Waals surface area contributed by atoms with Gasteiger partial charge in [0.25, 0.3) is 5.56 Å². The predicted octanol–water partition coefficient (Wildman–Crippen LogP) is 1.16. The third kappa shape index (κ3) is 3.97. The number of rotatable bonds is 6. The molecule has 0 aliphatic carbocycles. The molecule has 9 nitrogen and oxygen atoms in total. The smallest absolute Gasteiger partial charge is 0.329 e. The Morgan fingerprint density at radius 3 is 2.73 bits per heavy atom. The van der Waals surface area contributed by atoms with Crippen LogP contribution in [0.1, 0.15) is 24.8 Å². The Labute approximate surface area is 173 Å². The fourth-order valence-electron chi connectivity index (χ4n) is 3.89. The maximum Gasteiger partial charge on any atom is 0.329 e. The second kappa shape index (κ2) is 8.35. The number of aromatic amines is 1. The van der Waals surface area contributed by atoms with E-state index in [1.807, 2.05) is 31.2 Å². The van der Waals surface area contributed by atoms with Gasteiger partial charge in [0.15, 0.2) is 11.2 Å². The van der Waals surface area contributed by atoms with Gasteiger partial charge in [-0.25, -0.2) is 4.79 Å². The van der Waals surface area contributed by atoms with Crippen LogP contribution in [0, 0.1) is 6.92 Å². The first kappa shape index (κ1) is 20.2. The average Bonchev–Trinajstić information content (AvgIpc) is 3.11. The van der Waals surface area contributed by atoms with Crippen molar-refractivity contribution < 1.29 is 9.84 Å². The van der Waals surface area contributed by atoms with Gasteiger partial charge in [-0.05, 0) is 43.9 Å². The number of piperidine rings is 1. The number of benzene rings is 1. The zero-order valence-electron chi connectivity index (χ0n) is 17.3. The minimum absolute atomic E-state index is 0.0756. The van der Waals surface area contributed by atoms with Gasteiger partial charge in [0.1, 0.15) is 18.5 Å². The molecule has 30 heavy (non-hydrogen) atoms. The van der Waals surface area contributed by atoms with Crippen LogP contribution in [-0.4, -0.2) is 50.0 Å². The van der Waals surface area contributed by atoms with Crippen molar-refractivity contribution in [2.75, 3.05) is 24.6 Å². The lowest BCUT2D eigenvalue weighted by atomic mass is 10.1. The van der Waals surface area contributed by atoms with Crippen LogP contribution < -0.4 is 20.9 Å². The number of aryl methyl sites for hydroxylation is 2. The Morgan fingerprint density at radius 1 is 1.23 bits per heavy atom. The molecule has 0 unspecified atom stereocenters. The molecule has 1 aliphatic rings. The van der Waals surface area contributed by atoms with Gasteiger partial charge in [-0.15, -0.1) is 0 Å². The first-order valence-corrected chi connectivity index (χ1v) is 10.3. The molecule has 1 saturated heterocycles. The third-order valence-corrected chi connectivity index (χ3v) is 5.45. The molecular weight excluding hydrogens is 386 g/mol. The van der Waals surface area contributed by atoms with Crippen LogP contribution in [0.15, 0.2) is 33.9 Å². The highest BCUT2D eigenvalue weighted by Gasteiger charge is 2.24. The van der Waals surface area contributed by atoms with Crippen molar-refractivity contribution in [3.63, 3.8) is 0 Å². The van der Waals surface area contributed by atoms with Crippen LogP contribution in [0.5, 0.6) is 5.75 Å². The molecule has 0 radical (unpaired) electrons. The molecular formula is C21H27N5O4. The minimum Gasteiger partial charge on any atom is -0.491 e. The van der Waals surface area contributed by atoms with Gasteiger partial charge in [0.05, 0.1) is 6.54 Å². The number of ether oxygens (including phenoxy) is 1. The molecule has 4 rings (SSSR count). The summed E-state index contributed by atoms with van der Waals surface area (Å²) in [5, 5.41) is 10.7. The summed E-state index contributed by atoms with van der Waals surface area (Å²) in [6, 6.07) is 7.61. The van der Waals surface area contributed by atoms with Gasteiger partial charge >= 0.3 is 5.69 Å². The molecule has 160 valence electrons. The first-order valence-electron chi connectivity index (χ1n) is 10.3. The second-order valence-corrected chi connectivity index (χ2v) is 7.84. The zero-order chi connectivity index (χ0) is 21.3. The zero-order valence-corrected chi connectivity index (χ0v) is 17.3. The van der Waals surface area contributed by atoms with Gasteiger partial charge in [0, 0.05) is 20.1 Å². The molecule has 0 saturated carbocycles. The van der Waals surface area contributed by atoms with Crippen LogP contribution >= 0.6 is 0 Å². The van der Waals surface area contributed by atoms with Gasteiger partial charge in [-0.3, -0.25) is 14.3 Å². The number of hydrogen-bond donors (Lipinski definition) is 2. The number of imidazole rings is 1. The summed E-state index contributed by atoms with van der Waals surface area (Å²) < 4.78 is 8.77. The number of hydrogen-bond acceptors (Lipinski definition) is 6. The van der Waals surface area contributed by atoms with Gasteiger partial charge in [0.2, 0.25) is 5.95 Å². The Morgan fingerprint density at radius 2 is 2.00 bits per heavy atom. The number of nitrogens with one attached hydrogen (secondary N) is 1. The van der Waals surface area contributed by atoms with E-state index >= 15 is 0 Å². The molecule has 2 N–H and O–H groups in total. The number of nitrogens with zero attached hydrogens (tertiary/aromatic N) is 4. The lowest BCUT2D eigenvalue weighted by Crippen LogP contribution is -2.34. The van der Waals surface area contributed by atoms with Crippen LogP contribution in [0.2, 0.25) is 0 Å². The summed E-state index contributed by atoms with van der Waals surface area (Å²) in [5.41, 5.74) is 0.659. The maximum atomic E-state index is 12.6. The summed E-state index contributed by atoms with van der Waals surface area (Å²) in [6.07, 6.45) is 2.38. The van der Waals surface area contributed by atoms with Crippen molar-refractivity contribution in [3.05, 3.63) is 50.7 Å². The Balaban J connectivity index is 1.66. The molecule has 1 aliphatic heterocycles. The van der Waals surface area contributed by atoms with Gasteiger partial charge in [-0.2, -0.15) is 4.98 Å². The van der Waals surface area contributed by atoms with E-state index in [0.717, 1.165) is 37.9 Å². The number of fused-ring (bicyclic) bond motifs is 1. The highest BCUT2D eigenvalue weighted by molar-refractivity contribution is 5.74. The van der Waals surface area contributed by atoms with E-state index in [4.69, 9.17) is 4.74 Å². The van der Waals surface area contributed by atoms with Crippen molar-refractivity contribution in [1.29, 1.82) is 0 Å². The number of aliphatic hydroxyl groups is 1. The summed E-state index contributed by atoms with van der Waals surface area (Å²) >= 11 is 0. The van der Waals surface area contributed by atoms with Crippen LogP contribution in [0.25, 0.3) is 11.2 Å². The summed E-state index contributed by atoms with van der Waals surface area (Å²) in [5.74, 6) is 1.28. The van der Waals surface area contributed by atoms with E-state index in [-0.39, 0.29) is 18.7 Å². The summed E-state index contributed by atoms with van der Waals surface area (Å²) in [6.45, 7) is 3.83. The van der Waals surface area contributed by atoms with Gasteiger partial charge < -0.3 is 19.3 Å². The van der Waals surface area contributed by atoms with E-state index in [1.54, 1.807) is 11.6 Å². The Bertz CT molecular complexity index is 1160. The number of anilines is 1. The van der Waals surface area contributed by atoms with Crippen molar-refractivity contribution in [2.24, 2.45) is 7.05 Å². The van der Waals surface area contributed by atoms with Crippen LogP contribution in [-0.2, 0) is 13.6 Å². The lowest BCUT2D eigenvalue weighted by Gasteiger charge is -2.28. The lowest BCUT2D eigenvalue weighted by molar-refractivity contribution is 0.0936. The predicted molar refractivity (Wildman–Crippen MR) is 114 cm³/mol. The second-order valence-electron chi connectivity index (χ2n) is 7.84. The number of aromatic nitrogens is 4. The SMILES string of the molecule is Cc1cccc(OC[C@@H](O)Cn2c(N3CCCCC3)nc3c2c(=O)[nH]c(=O)n3C)c1. The first-order chi connectivity index (χ1) is 14.4. The third-order valence-electron chi connectivity index (χ3n) is 5.45. The minimum atomic E-state index is -0.858. The van der Waals surface area contributed by atoms with Crippen LogP contribution in [0.4, 0.5) is 5.95 Å². The van der Waals surface area contributed by atoms with Crippen LogP contribution in [0.3, 0.4) is 0 Å². The fraction of sp³-hybridized carbons (Fsp3) is 0.476. The maximum absolute atomic E-state index is 12.6. The number of aliphatic hydroxyl groups excluding tert-OH is 1. The van der Waals surface area contributed by atoms with Gasteiger partial charge in [-0.1, -0.05) is 12.1 Å². The molecule has 2 aromatic heterocycles. The summed E-state index contributed by atoms with van der Waals surface area (Å²) in [4.78, 5) is 33.7. The van der Waals surface area contributed by atoms with E-state index < -0.39 is 17.4 Å². The Kier molecular flexibility index (Phi) is 5.63. The standard InChI is InChI=1S/C21H27N5O4/c1-14-7-6-8-16(11-14)30-13-15(27)12-26-17-18(24(2)21(29)23-19(17)28)22-20(26)25-9-4-3-5-10-25/h6-8,11,15,27H,3-5,9-10,12-13H2,1-2H3,(H,23,28,29)/t15-/m0/s1. The highest BCUT2D eigenvalue weighted by atomic mass is 16.5. The molecule has 0 bridgehead atoms. The molecule has 1 atom stereocenters. The molecule has 3 aromatic rings. The van der Waals surface area contributed by atoms with E-state index in [1.165, 1.54) is 4.57 Å². The molecule has 0 amide bonds. The molecule has 1 aromatic carbocycles. The highest BCUT2D eigenvalue weighted by Crippen LogP contribution is 2.23. The monoisotopic (exact) mass is 413 g/mol.